The Hall–Kier alpha value is -0.0800. The summed E-state index contributed by atoms with van der Waals surface area (Å²) in [6.45, 7) is 7.86. The third-order valence-electron chi connectivity index (χ3n) is 3.72. The van der Waals surface area contributed by atoms with E-state index in [0.717, 1.165) is 12.5 Å². The summed E-state index contributed by atoms with van der Waals surface area (Å²) in [5.74, 6) is 0.719. The number of hydrogen-bond donors (Lipinski definition) is 1. The van der Waals surface area contributed by atoms with Crippen LogP contribution in [-0.2, 0) is 4.74 Å². The van der Waals surface area contributed by atoms with Crippen LogP contribution in [0.1, 0.15) is 52.9 Å². The lowest BCUT2D eigenvalue weighted by Crippen LogP contribution is -2.59. The molecule has 2 rings (SSSR count). The second-order valence-corrected chi connectivity index (χ2v) is 5.98. The fraction of sp³-hybridized carbons (Fsp3) is 1.00. The van der Waals surface area contributed by atoms with Crippen molar-refractivity contribution in [3.63, 3.8) is 0 Å². The molecule has 3 unspecified atom stereocenters. The minimum absolute atomic E-state index is 0.0761. The number of hydrogen-bond acceptors (Lipinski definition) is 2. The molecule has 2 fully saturated rings. The molecular weight excluding hydrogens is 186 g/mol. The first-order chi connectivity index (χ1) is 7.09. The van der Waals surface area contributed by atoms with Gasteiger partial charge < -0.3 is 10.1 Å². The van der Waals surface area contributed by atoms with Crippen LogP contribution in [0.4, 0.5) is 0 Å². The van der Waals surface area contributed by atoms with Gasteiger partial charge in [0, 0.05) is 12.6 Å². The summed E-state index contributed by atoms with van der Waals surface area (Å²) in [4.78, 5) is 0. The summed E-state index contributed by atoms with van der Waals surface area (Å²) >= 11 is 0. The van der Waals surface area contributed by atoms with Crippen molar-refractivity contribution in [2.75, 3.05) is 6.54 Å². The van der Waals surface area contributed by atoms with Crippen molar-refractivity contribution in [2.45, 2.75) is 70.6 Å². The second kappa shape index (κ2) is 4.42. The maximum absolute atomic E-state index is 6.33. The Balaban J connectivity index is 1.95. The van der Waals surface area contributed by atoms with Crippen molar-refractivity contribution in [3.8, 4) is 0 Å². The largest absolute Gasteiger partial charge is 0.369 e. The zero-order valence-corrected chi connectivity index (χ0v) is 10.4. The van der Waals surface area contributed by atoms with E-state index in [2.05, 4.69) is 26.1 Å². The van der Waals surface area contributed by atoms with Gasteiger partial charge in [-0.1, -0.05) is 26.7 Å². The van der Waals surface area contributed by atoms with E-state index in [4.69, 9.17) is 4.74 Å². The Morgan fingerprint density at radius 1 is 1.33 bits per heavy atom. The molecular formula is C13H25NO. The molecule has 15 heavy (non-hydrogen) atoms. The average molecular weight is 211 g/mol. The van der Waals surface area contributed by atoms with Crippen LogP contribution in [0, 0.1) is 5.92 Å². The summed E-state index contributed by atoms with van der Waals surface area (Å²) < 4.78 is 6.33. The molecule has 3 atom stereocenters. The number of fused-ring (bicyclic) bond motifs is 1. The lowest BCUT2D eigenvalue weighted by atomic mass is 9.86. The molecule has 2 nitrogen and oxygen atoms in total. The maximum atomic E-state index is 6.33. The summed E-state index contributed by atoms with van der Waals surface area (Å²) in [5, 5.41) is 3.69. The van der Waals surface area contributed by atoms with Gasteiger partial charge in [0.1, 0.15) is 0 Å². The zero-order valence-electron chi connectivity index (χ0n) is 10.4. The third-order valence-corrected chi connectivity index (χ3v) is 3.72. The molecule has 0 spiro atoms. The van der Waals surface area contributed by atoms with Crippen LogP contribution < -0.4 is 5.32 Å². The van der Waals surface area contributed by atoms with Gasteiger partial charge in [-0.2, -0.15) is 0 Å². The van der Waals surface area contributed by atoms with Crippen LogP contribution in [0.3, 0.4) is 0 Å². The standard InChI is InChI=1S/C13H25NO/c1-10(2)8-13(3)9-14-11-6-4-5-7-12(11)15-13/h10-12,14H,4-9H2,1-3H3. The van der Waals surface area contributed by atoms with Crippen molar-refractivity contribution in [2.24, 2.45) is 5.92 Å². The van der Waals surface area contributed by atoms with E-state index in [1.54, 1.807) is 0 Å². The molecule has 1 heterocycles. The molecule has 1 aliphatic carbocycles. The molecule has 0 amide bonds. The lowest BCUT2D eigenvalue weighted by molar-refractivity contribution is -0.143. The Bertz CT molecular complexity index is 217. The summed E-state index contributed by atoms with van der Waals surface area (Å²) in [5.41, 5.74) is 0.0761. The molecule has 1 saturated heterocycles. The van der Waals surface area contributed by atoms with Crippen LogP contribution in [-0.4, -0.2) is 24.3 Å². The van der Waals surface area contributed by atoms with Crippen molar-refractivity contribution < 1.29 is 4.74 Å². The minimum Gasteiger partial charge on any atom is -0.369 e. The molecule has 0 aromatic carbocycles. The maximum Gasteiger partial charge on any atom is 0.0785 e. The number of rotatable bonds is 2. The van der Waals surface area contributed by atoms with Gasteiger partial charge in [0.25, 0.3) is 0 Å². The molecule has 2 aliphatic rings. The summed E-state index contributed by atoms with van der Waals surface area (Å²) in [6.07, 6.45) is 6.94. The van der Waals surface area contributed by atoms with Crippen LogP contribution in [0.15, 0.2) is 0 Å². The normalized spacial score (nSPS) is 41.6. The van der Waals surface area contributed by atoms with Gasteiger partial charge in [-0.3, -0.25) is 0 Å². The van der Waals surface area contributed by atoms with Crippen molar-refractivity contribution in [1.29, 1.82) is 0 Å². The van der Waals surface area contributed by atoms with Crippen LogP contribution in [0.2, 0.25) is 0 Å². The highest BCUT2D eigenvalue weighted by Crippen LogP contribution is 2.32. The van der Waals surface area contributed by atoms with Crippen LogP contribution >= 0.6 is 0 Å². The van der Waals surface area contributed by atoms with E-state index >= 15 is 0 Å². The zero-order chi connectivity index (χ0) is 10.9. The smallest absolute Gasteiger partial charge is 0.0785 e. The topological polar surface area (TPSA) is 21.3 Å². The van der Waals surface area contributed by atoms with E-state index in [1.807, 2.05) is 0 Å². The van der Waals surface area contributed by atoms with Gasteiger partial charge in [-0.15, -0.1) is 0 Å². The van der Waals surface area contributed by atoms with Gasteiger partial charge in [-0.05, 0) is 32.1 Å². The molecule has 0 aromatic rings. The number of nitrogens with one attached hydrogen (secondary N) is 1. The van der Waals surface area contributed by atoms with Gasteiger partial charge in [0.2, 0.25) is 0 Å². The molecule has 1 aliphatic heterocycles. The van der Waals surface area contributed by atoms with Crippen molar-refractivity contribution in [3.05, 3.63) is 0 Å². The number of ether oxygens (including phenoxy) is 1. The summed E-state index contributed by atoms with van der Waals surface area (Å²) in [7, 11) is 0. The van der Waals surface area contributed by atoms with E-state index < -0.39 is 0 Å². The Labute approximate surface area is 93.8 Å². The van der Waals surface area contributed by atoms with E-state index in [0.29, 0.717) is 12.1 Å². The molecule has 0 aromatic heterocycles. The highest BCUT2D eigenvalue weighted by atomic mass is 16.5. The van der Waals surface area contributed by atoms with Crippen LogP contribution in [0.25, 0.3) is 0 Å². The minimum atomic E-state index is 0.0761. The molecule has 0 radical (unpaired) electrons. The van der Waals surface area contributed by atoms with Gasteiger partial charge >= 0.3 is 0 Å². The fourth-order valence-corrected chi connectivity index (χ4v) is 3.21. The monoisotopic (exact) mass is 211 g/mol. The van der Waals surface area contributed by atoms with Gasteiger partial charge in [0.15, 0.2) is 0 Å². The molecule has 1 N–H and O–H groups in total. The quantitative estimate of drug-likeness (QED) is 0.758. The highest BCUT2D eigenvalue weighted by Gasteiger charge is 2.39. The average Bonchev–Trinajstić information content (AvgIpc) is 2.15. The highest BCUT2D eigenvalue weighted by molar-refractivity contribution is 4.93. The molecule has 88 valence electrons. The van der Waals surface area contributed by atoms with Gasteiger partial charge in [-0.25, -0.2) is 0 Å². The predicted octanol–water partition coefficient (Wildman–Crippen LogP) is 2.72. The Morgan fingerprint density at radius 3 is 2.80 bits per heavy atom. The number of morpholine rings is 1. The molecule has 1 saturated carbocycles. The van der Waals surface area contributed by atoms with Crippen molar-refractivity contribution >= 4 is 0 Å². The Kier molecular flexibility index (Phi) is 3.36. The predicted molar refractivity (Wildman–Crippen MR) is 63.0 cm³/mol. The molecule has 2 heteroatoms. The van der Waals surface area contributed by atoms with Crippen molar-refractivity contribution in [1.82, 2.24) is 5.32 Å². The Morgan fingerprint density at radius 2 is 2.07 bits per heavy atom. The van der Waals surface area contributed by atoms with E-state index in [1.165, 1.54) is 32.1 Å². The summed E-state index contributed by atoms with van der Waals surface area (Å²) in [6, 6.07) is 0.638. The van der Waals surface area contributed by atoms with E-state index in [-0.39, 0.29) is 5.60 Å². The third kappa shape index (κ3) is 2.73. The molecule has 0 bridgehead atoms. The van der Waals surface area contributed by atoms with Crippen LogP contribution in [0.5, 0.6) is 0 Å². The lowest BCUT2D eigenvalue weighted by Gasteiger charge is -2.46. The van der Waals surface area contributed by atoms with E-state index in [9.17, 15) is 0 Å². The second-order valence-electron chi connectivity index (χ2n) is 5.98. The fourth-order valence-electron chi connectivity index (χ4n) is 3.21. The first kappa shape index (κ1) is 11.4. The van der Waals surface area contributed by atoms with Gasteiger partial charge in [0.05, 0.1) is 11.7 Å². The first-order valence-corrected chi connectivity index (χ1v) is 6.50. The SMILES string of the molecule is CC(C)CC1(C)CNC2CCCCC2O1. The first-order valence-electron chi connectivity index (χ1n) is 6.50.